The summed E-state index contributed by atoms with van der Waals surface area (Å²) in [7, 11) is -3.72. The Morgan fingerprint density at radius 1 is 1.04 bits per heavy atom. The minimum Gasteiger partial charge on any atom is -0.282 e. The minimum absolute atomic E-state index is 0.0305. The number of hydrogen-bond acceptors (Lipinski definition) is 4. The van der Waals surface area contributed by atoms with Crippen LogP contribution in [0.25, 0.3) is 0 Å². The number of hydrogen-bond donors (Lipinski definition) is 1. The second kappa shape index (κ2) is 6.27. The van der Waals surface area contributed by atoms with E-state index in [9.17, 15) is 18.0 Å². The van der Waals surface area contributed by atoms with Crippen molar-refractivity contribution in [2.24, 2.45) is 28.8 Å². The minimum atomic E-state index is -3.72. The smallest absolute Gasteiger partial charge is 0.238 e. The van der Waals surface area contributed by atoms with Crippen molar-refractivity contribution in [1.29, 1.82) is 0 Å². The van der Waals surface area contributed by atoms with Crippen molar-refractivity contribution in [3.05, 3.63) is 41.0 Å². The average Bonchev–Trinajstić information content (AvgIpc) is 3.23. The van der Waals surface area contributed by atoms with Gasteiger partial charge in [-0.05, 0) is 62.6 Å². The number of nitrogens with two attached hydrogens (primary N) is 1. The maximum absolute atomic E-state index is 12.9. The van der Waals surface area contributed by atoms with Crippen LogP contribution in [0.3, 0.4) is 0 Å². The maximum Gasteiger partial charge on any atom is 0.238 e. The molecule has 2 saturated carbocycles. The Balaban J connectivity index is 1.49. The van der Waals surface area contributed by atoms with Gasteiger partial charge in [0.25, 0.3) is 0 Å². The number of allylic oxidation sites excluding steroid dienone is 2. The molecule has 2 amide bonds. The van der Waals surface area contributed by atoms with Crippen LogP contribution in [0.2, 0.25) is 0 Å². The number of imide groups is 1. The van der Waals surface area contributed by atoms with E-state index in [2.05, 4.69) is 13.8 Å². The Kier molecular flexibility index (Phi) is 4.27. The molecule has 1 aromatic carbocycles. The predicted molar refractivity (Wildman–Crippen MR) is 99.8 cm³/mol. The van der Waals surface area contributed by atoms with Crippen molar-refractivity contribution >= 4 is 21.8 Å². The number of benzene rings is 1. The van der Waals surface area contributed by atoms with E-state index in [-0.39, 0.29) is 40.4 Å². The molecule has 3 aliphatic rings. The van der Waals surface area contributed by atoms with Crippen molar-refractivity contribution in [1.82, 2.24) is 4.90 Å². The molecule has 0 unspecified atom stereocenters. The third-order valence-corrected chi connectivity index (χ3v) is 7.33. The van der Waals surface area contributed by atoms with Gasteiger partial charge in [-0.25, -0.2) is 13.6 Å². The molecule has 0 spiro atoms. The molecule has 6 nitrogen and oxygen atoms in total. The molecule has 3 fully saturated rings. The van der Waals surface area contributed by atoms with Crippen LogP contribution in [0, 0.1) is 23.7 Å². The highest BCUT2D eigenvalue weighted by molar-refractivity contribution is 7.89. The average molecular weight is 388 g/mol. The highest BCUT2D eigenvalue weighted by Gasteiger charge is 2.63. The van der Waals surface area contributed by atoms with Gasteiger partial charge in [0.05, 0.1) is 16.7 Å². The van der Waals surface area contributed by atoms with Crippen LogP contribution < -0.4 is 5.14 Å². The fraction of sp³-hybridized carbons (Fsp3) is 0.500. The molecule has 2 aliphatic carbocycles. The monoisotopic (exact) mass is 388 g/mol. The van der Waals surface area contributed by atoms with Crippen molar-refractivity contribution in [3.63, 3.8) is 0 Å². The normalized spacial score (nSPS) is 29.6. The summed E-state index contributed by atoms with van der Waals surface area (Å²) in [6.45, 7) is 4.50. The van der Waals surface area contributed by atoms with E-state index in [1.54, 1.807) is 12.1 Å². The number of likely N-dealkylation sites (tertiary alicyclic amines) is 1. The summed E-state index contributed by atoms with van der Waals surface area (Å²) in [5, 5.41) is 5.10. The first-order valence-corrected chi connectivity index (χ1v) is 10.9. The third kappa shape index (κ3) is 2.84. The van der Waals surface area contributed by atoms with Crippen LogP contribution in [0.5, 0.6) is 0 Å². The van der Waals surface area contributed by atoms with E-state index in [1.807, 2.05) is 0 Å². The van der Waals surface area contributed by atoms with E-state index in [0.717, 1.165) is 18.4 Å². The fourth-order valence-electron chi connectivity index (χ4n) is 5.36. The number of rotatable bonds is 4. The van der Waals surface area contributed by atoms with Gasteiger partial charge >= 0.3 is 0 Å². The first-order chi connectivity index (χ1) is 12.7. The van der Waals surface area contributed by atoms with E-state index in [4.69, 9.17) is 5.14 Å². The van der Waals surface area contributed by atoms with Gasteiger partial charge in [-0.15, -0.1) is 0 Å². The Morgan fingerprint density at radius 3 is 2.00 bits per heavy atom. The molecular formula is C20H24N2O4S. The van der Waals surface area contributed by atoms with Gasteiger partial charge in [-0.2, -0.15) is 0 Å². The summed E-state index contributed by atoms with van der Waals surface area (Å²) in [5.41, 5.74) is 3.48. The fourth-order valence-corrected chi connectivity index (χ4v) is 5.88. The Hall–Kier alpha value is -1.99. The molecule has 1 saturated heterocycles. The van der Waals surface area contributed by atoms with Crippen molar-refractivity contribution in [2.75, 3.05) is 6.54 Å². The molecule has 1 aromatic rings. The molecule has 144 valence electrons. The van der Waals surface area contributed by atoms with Crippen molar-refractivity contribution in [2.45, 2.75) is 38.0 Å². The lowest BCUT2D eigenvalue weighted by Crippen LogP contribution is -2.35. The number of fused-ring (bicyclic) bond motifs is 5. The number of carbonyl (C=O) groups is 2. The molecule has 27 heavy (non-hydrogen) atoms. The summed E-state index contributed by atoms with van der Waals surface area (Å²) in [5.74, 6) is 0.0621. The number of nitrogens with zero attached hydrogens (tertiary/aromatic N) is 1. The lowest BCUT2D eigenvalue weighted by Gasteiger charge is -2.19. The molecule has 2 N–H and O–H groups in total. The zero-order chi connectivity index (χ0) is 19.5. The van der Waals surface area contributed by atoms with Gasteiger partial charge in [-0.3, -0.25) is 14.5 Å². The summed E-state index contributed by atoms with van der Waals surface area (Å²) in [4.78, 5) is 27.4. The van der Waals surface area contributed by atoms with Crippen LogP contribution in [0.4, 0.5) is 0 Å². The predicted octanol–water partition coefficient (Wildman–Crippen LogP) is 1.85. The SMILES string of the molecule is CC(C)=C1[C@@H]2CC[C@@H]1[C@@H]1C(=O)N(CCc3ccc(S(N)(=O)=O)cc3)C(=O)[C@H]12. The molecule has 4 atom stereocenters. The maximum atomic E-state index is 12.9. The van der Waals surface area contributed by atoms with E-state index in [0.29, 0.717) is 13.0 Å². The summed E-state index contributed by atoms with van der Waals surface area (Å²) < 4.78 is 22.7. The highest BCUT2D eigenvalue weighted by atomic mass is 32.2. The molecule has 4 rings (SSSR count). The molecular weight excluding hydrogens is 364 g/mol. The second-order valence-electron chi connectivity index (χ2n) is 8.06. The van der Waals surface area contributed by atoms with Crippen LogP contribution in [-0.4, -0.2) is 31.7 Å². The van der Waals surface area contributed by atoms with E-state index >= 15 is 0 Å². The topological polar surface area (TPSA) is 97.5 Å². The first kappa shape index (κ1) is 18.4. The highest BCUT2D eigenvalue weighted by Crippen LogP contribution is 2.60. The number of carbonyl (C=O) groups excluding carboxylic acids is 2. The van der Waals surface area contributed by atoms with Crippen LogP contribution in [0.15, 0.2) is 40.3 Å². The molecule has 0 aromatic heterocycles. The lowest BCUT2D eigenvalue weighted by atomic mass is 9.81. The standard InChI is InChI=1S/C20H24N2O4S/c1-11(2)16-14-7-8-15(16)18-17(14)19(23)22(20(18)24)10-9-12-3-5-13(6-4-12)27(21,25)26/h3-6,14-15,17-18H,7-10H2,1-2H3,(H2,21,25,26)/t14-,15-,17-,18-/m0/s1. The van der Waals surface area contributed by atoms with E-state index < -0.39 is 10.0 Å². The van der Waals surface area contributed by atoms with Gasteiger partial charge in [-0.1, -0.05) is 23.3 Å². The number of primary sulfonamides is 1. The summed E-state index contributed by atoms with van der Waals surface area (Å²) in [6.07, 6.45) is 2.52. The molecule has 7 heteroatoms. The zero-order valence-corrected chi connectivity index (χ0v) is 16.3. The van der Waals surface area contributed by atoms with Crippen LogP contribution in [0.1, 0.15) is 32.3 Å². The number of amides is 2. The van der Waals surface area contributed by atoms with Gasteiger partial charge in [0.1, 0.15) is 0 Å². The van der Waals surface area contributed by atoms with Crippen molar-refractivity contribution < 1.29 is 18.0 Å². The molecule has 2 bridgehead atoms. The Morgan fingerprint density at radius 2 is 1.56 bits per heavy atom. The van der Waals surface area contributed by atoms with E-state index in [1.165, 1.54) is 28.2 Å². The lowest BCUT2D eigenvalue weighted by molar-refractivity contribution is -0.140. The summed E-state index contributed by atoms with van der Waals surface area (Å²) in [6, 6.07) is 6.26. The van der Waals surface area contributed by atoms with Gasteiger partial charge in [0.15, 0.2) is 0 Å². The number of sulfonamides is 1. The second-order valence-corrected chi connectivity index (χ2v) is 9.63. The van der Waals surface area contributed by atoms with Crippen molar-refractivity contribution in [3.8, 4) is 0 Å². The zero-order valence-electron chi connectivity index (χ0n) is 15.5. The molecule has 1 heterocycles. The third-order valence-electron chi connectivity index (χ3n) is 6.40. The Labute approximate surface area is 159 Å². The van der Waals surface area contributed by atoms with Gasteiger partial charge < -0.3 is 0 Å². The van der Waals surface area contributed by atoms with Gasteiger partial charge in [0.2, 0.25) is 21.8 Å². The Bertz CT molecular complexity index is 913. The largest absolute Gasteiger partial charge is 0.282 e. The van der Waals surface area contributed by atoms with Crippen LogP contribution in [-0.2, 0) is 26.0 Å². The summed E-state index contributed by atoms with van der Waals surface area (Å²) >= 11 is 0. The first-order valence-electron chi connectivity index (χ1n) is 9.34. The molecule has 1 aliphatic heterocycles. The van der Waals surface area contributed by atoms with Crippen LogP contribution >= 0.6 is 0 Å². The quantitative estimate of drug-likeness (QED) is 0.629. The molecule has 0 radical (unpaired) electrons. The van der Waals surface area contributed by atoms with Gasteiger partial charge in [0, 0.05) is 6.54 Å².